The third-order valence-electron chi connectivity index (χ3n) is 3.01. The van der Waals surface area contributed by atoms with E-state index in [2.05, 4.69) is 20.9 Å². The standard InChI is InChI=1S/C16H25FN4OS.HI/c1-4-18-16(20-8-7-19-12(2)22)21-10-13-5-6-15(17)9-14(13)11-23-3;/h5-6,9H,4,7-8,10-11H2,1-3H3,(H,19,22)(H2,18,20,21);1H. The minimum atomic E-state index is -0.220. The van der Waals surface area contributed by atoms with Crippen LogP contribution in [0.3, 0.4) is 0 Å². The molecule has 0 aliphatic carbocycles. The van der Waals surface area contributed by atoms with Gasteiger partial charge in [0.1, 0.15) is 5.82 Å². The molecule has 0 spiro atoms. The Bertz CT molecular complexity index is 543. The number of nitrogens with zero attached hydrogens (tertiary/aromatic N) is 1. The van der Waals surface area contributed by atoms with Gasteiger partial charge in [-0.2, -0.15) is 11.8 Å². The highest BCUT2D eigenvalue weighted by molar-refractivity contribution is 14.0. The molecule has 0 saturated carbocycles. The molecule has 0 saturated heterocycles. The predicted octanol–water partition coefficient (Wildman–Crippen LogP) is 2.50. The number of rotatable bonds is 8. The van der Waals surface area contributed by atoms with Crippen molar-refractivity contribution in [1.29, 1.82) is 0 Å². The van der Waals surface area contributed by atoms with Crippen molar-refractivity contribution in [2.24, 2.45) is 4.99 Å². The lowest BCUT2D eigenvalue weighted by molar-refractivity contribution is -0.118. The molecule has 1 amide bonds. The summed E-state index contributed by atoms with van der Waals surface area (Å²) in [6.07, 6.45) is 1.99. The number of benzene rings is 1. The maximum atomic E-state index is 13.4. The second-order valence-electron chi connectivity index (χ2n) is 4.95. The number of carbonyl (C=O) groups excluding carboxylic acids is 1. The minimum absolute atomic E-state index is 0. The van der Waals surface area contributed by atoms with Crippen LogP contribution in [0.5, 0.6) is 0 Å². The second kappa shape index (κ2) is 13.3. The number of hydrogen-bond acceptors (Lipinski definition) is 3. The molecule has 0 unspecified atom stereocenters. The molecule has 0 aliphatic rings. The van der Waals surface area contributed by atoms with E-state index in [9.17, 15) is 9.18 Å². The molecule has 0 aromatic heterocycles. The molecule has 0 radical (unpaired) electrons. The number of aliphatic imine (C=N–C) groups is 1. The van der Waals surface area contributed by atoms with Gasteiger partial charge in [-0.1, -0.05) is 6.07 Å². The highest BCUT2D eigenvalue weighted by Gasteiger charge is 2.04. The van der Waals surface area contributed by atoms with Crippen LogP contribution in [0.4, 0.5) is 4.39 Å². The molecule has 0 heterocycles. The molecule has 0 fully saturated rings. The Kier molecular flexibility index (Phi) is 12.7. The first-order valence-corrected chi connectivity index (χ1v) is 8.99. The summed E-state index contributed by atoms with van der Waals surface area (Å²) in [5, 5.41) is 9.02. The molecule has 0 aliphatic heterocycles. The number of carbonyl (C=O) groups is 1. The van der Waals surface area contributed by atoms with Gasteiger partial charge in [0.15, 0.2) is 5.96 Å². The number of thioether (sulfide) groups is 1. The van der Waals surface area contributed by atoms with E-state index in [-0.39, 0.29) is 35.7 Å². The lowest BCUT2D eigenvalue weighted by Crippen LogP contribution is -2.41. The van der Waals surface area contributed by atoms with Gasteiger partial charge < -0.3 is 16.0 Å². The average molecular weight is 468 g/mol. The zero-order valence-corrected chi connectivity index (χ0v) is 17.5. The first kappa shape index (κ1) is 23.0. The first-order chi connectivity index (χ1) is 11.1. The fraction of sp³-hybridized carbons (Fsp3) is 0.500. The predicted molar refractivity (Wildman–Crippen MR) is 111 cm³/mol. The molecular weight excluding hydrogens is 442 g/mol. The Balaban J connectivity index is 0.00000529. The van der Waals surface area contributed by atoms with Gasteiger partial charge in [-0.3, -0.25) is 4.79 Å². The van der Waals surface area contributed by atoms with Gasteiger partial charge in [0, 0.05) is 32.3 Å². The van der Waals surface area contributed by atoms with Crippen LogP contribution in [0.15, 0.2) is 23.2 Å². The molecule has 0 atom stereocenters. The molecular formula is C16H26FIN4OS. The summed E-state index contributed by atoms with van der Waals surface area (Å²) in [6.45, 7) is 5.82. The van der Waals surface area contributed by atoms with E-state index in [1.165, 1.54) is 13.0 Å². The van der Waals surface area contributed by atoms with E-state index < -0.39 is 0 Å². The summed E-state index contributed by atoms with van der Waals surface area (Å²) >= 11 is 1.66. The quantitative estimate of drug-likeness (QED) is 0.238. The van der Waals surface area contributed by atoms with Gasteiger partial charge >= 0.3 is 0 Å². The first-order valence-electron chi connectivity index (χ1n) is 7.59. The van der Waals surface area contributed by atoms with Crippen molar-refractivity contribution in [1.82, 2.24) is 16.0 Å². The van der Waals surface area contributed by atoms with Gasteiger partial charge in [-0.05, 0) is 36.4 Å². The van der Waals surface area contributed by atoms with Gasteiger partial charge in [-0.15, -0.1) is 24.0 Å². The summed E-state index contributed by atoms with van der Waals surface area (Å²) < 4.78 is 13.4. The normalized spacial score (nSPS) is 10.8. The van der Waals surface area contributed by atoms with Crippen LogP contribution in [0.2, 0.25) is 0 Å². The molecule has 1 aromatic rings. The molecule has 0 bridgehead atoms. The third kappa shape index (κ3) is 9.31. The Hall–Kier alpha value is -1.03. The summed E-state index contributed by atoms with van der Waals surface area (Å²) in [5.41, 5.74) is 1.98. The average Bonchev–Trinajstić information content (AvgIpc) is 2.50. The number of halogens is 2. The minimum Gasteiger partial charge on any atom is -0.357 e. The fourth-order valence-electron chi connectivity index (χ4n) is 1.96. The Morgan fingerprint density at radius 1 is 1.21 bits per heavy atom. The molecule has 1 aromatic carbocycles. The van der Waals surface area contributed by atoms with E-state index >= 15 is 0 Å². The Morgan fingerprint density at radius 2 is 1.92 bits per heavy atom. The van der Waals surface area contributed by atoms with Crippen molar-refractivity contribution in [2.45, 2.75) is 26.1 Å². The molecule has 5 nitrogen and oxygen atoms in total. The maximum Gasteiger partial charge on any atom is 0.216 e. The summed E-state index contributed by atoms with van der Waals surface area (Å²) in [6, 6.07) is 4.82. The van der Waals surface area contributed by atoms with Crippen molar-refractivity contribution < 1.29 is 9.18 Å². The SMILES string of the molecule is CCNC(=NCc1ccc(F)cc1CSC)NCCNC(C)=O.I. The zero-order chi connectivity index (χ0) is 17.1. The molecule has 3 N–H and O–H groups in total. The number of guanidine groups is 1. The third-order valence-corrected chi connectivity index (χ3v) is 3.61. The van der Waals surface area contributed by atoms with Crippen molar-refractivity contribution in [3.8, 4) is 0 Å². The Morgan fingerprint density at radius 3 is 2.54 bits per heavy atom. The van der Waals surface area contributed by atoms with E-state index in [0.717, 1.165) is 23.4 Å². The molecule has 8 heteroatoms. The lowest BCUT2D eigenvalue weighted by atomic mass is 10.1. The van der Waals surface area contributed by atoms with Gasteiger partial charge in [0.25, 0.3) is 0 Å². The topological polar surface area (TPSA) is 65.5 Å². The monoisotopic (exact) mass is 468 g/mol. The highest BCUT2D eigenvalue weighted by Crippen LogP contribution is 2.17. The van der Waals surface area contributed by atoms with Gasteiger partial charge in [0.2, 0.25) is 5.91 Å². The van der Waals surface area contributed by atoms with Crippen LogP contribution in [-0.4, -0.2) is 37.8 Å². The van der Waals surface area contributed by atoms with Crippen molar-refractivity contribution in [2.75, 3.05) is 25.9 Å². The van der Waals surface area contributed by atoms with E-state index in [1.54, 1.807) is 23.9 Å². The number of nitrogens with one attached hydrogen (secondary N) is 3. The van der Waals surface area contributed by atoms with E-state index in [0.29, 0.717) is 25.6 Å². The Labute approximate surface area is 164 Å². The van der Waals surface area contributed by atoms with E-state index in [1.807, 2.05) is 13.2 Å². The van der Waals surface area contributed by atoms with Crippen molar-refractivity contribution in [3.63, 3.8) is 0 Å². The van der Waals surface area contributed by atoms with Crippen LogP contribution >= 0.6 is 35.7 Å². The zero-order valence-electron chi connectivity index (χ0n) is 14.3. The second-order valence-corrected chi connectivity index (χ2v) is 5.82. The van der Waals surface area contributed by atoms with Crippen LogP contribution in [-0.2, 0) is 17.1 Å². The largest absolute Gasteiger partial charge is 0.357 e. The van der Waals surface area contributed by atoms with Crippen molar-refractivity contribution in [3.05, 3.63) is 35.1 Å². The van der Waals surface area contributed by atoms with Crippen LogP contribution in [0, 0.1) is 5.82 Å². The van der Waals surface area contributed by atoms with Crippen LogP contribution < -0.4 is 16.0 Å². The number of amides is 1. The molecule has 136 valence electrons. The fourth-order valence-corrected chi connectivity index (χ4v) is 2.54. The van der Waals surface area contributed by atoms with Crippen LogP contribution in [0.25, 0.3) is 0 Å². The highest BCUT2D eigenvalue weighted by atomic mass is 127. The van der Waals surface area contributed by atoms with Crippen LogP contribution in [0.1, 0.15) is 25.0 Å². The molecule has 1 rings (SSSR count). The summed E-state index contributed by atoms with van der Waals surface area (Å²) in [7, 11) is 0. The maximum absolute atomic E-state index is 13.4. The summed E-state index contributed by atoms with van der Waals surface area (Å²) in [5.74, 6) is 1.16. The van der Waals surface area contributed by atoms with Gasteiger partial charge in [0.05, 0.1) is 6.54 Å². The molecule has 24 heavy (non-hydrogen) atoms. The van der Waals surface area contributed by atoms with Gasteiger partial charge in [-0.25, -0.2) is 9.38 Å². The summed E-state index contributed by atoms with van der Waals surface area (Å²) in [4.78, 5) is 15.4. The number of hydrogen-bond donors (Lipinski definition) is 3. The van der Waals surface area contributed by atoms with E-state index in [4.69, 9.17) is 0 Å². The van der Waals surface area contributed by atoms with Crippen molar-refractivity contribution >= 4 is 47.6 Å². The smallest absolute Gasteiger partial charge is 0.216 e. The lowest BCUT2D eigenvalue weighted by Gasteiger charge is -2.12.